The Morgan fingerprint density at radius 1 is 0.500 bits per heavy atom. The third-order valence-corrected chi connectivity index (χ3v) is 0. The molecule has 0 spiro atoms. The monoisotopic (exact) mass is 58.0 g/mol. The molecule has 0 aliphatic carbocycles. The van der Waals surface area contributed by atoms with E-state index >= 15 is 0 Å². The molecule has 0 aromatic rings. The van der Waals surface area contributed by atoms with Crippen LogP contribution in [0.2, 0.25) is 0 Å². The maximum Gasteiger partial charge on any atom is 0 e. The molecule has 0 atom stereocenters. The zero-order valence-corrected chi connectivity index (χ0v) is 2.15. The highest BCUT2D eigenvalue weighted by Gasteiger charge is 0.00101. The first-order valence-corrected chi connectivity index (χ1v) is 0. The molecule has 0 fully saturated rings. The van der Waals surface area contributed by atoms with Crippen molar-refractivity contribution in [3.05, 3.63) is 0 Å². The minimum Gasteiger partial charge on any atom is -0.412 e. The predicted octanol–water partition coefficient (Wildman–Crippen LogP) is -2.41. The van der Waals surface area contributed by atoms with Crippen LogP contribution in [0.4, 0.5) is 0 Å². The van der Waals surface area contributed by atoms with E-state index in [9.17, 15) is 0 Å². The maximum absolute atomic E-state index is 0. The van der Waals surface area contributed by atoms with Crippen LogP contribution in [0.5, 0.6) is 0 Å². The Hall–Kier alpha value is 0.0499. The fourth-order valence-electron chi connectivity index (χ4n) is 0. The zero-order chi connectivity index (χ0) is 0. The predicted molar refractivity (Wildman–Crippen MR) is 18.7 cm³/mol. The molecule has 6 radical (unpaired) electrons. The summed E-state index contributed by atoms with van der Waals surface area (Å²) in [4.78, 5) is 0. The van der Waals surface area contributed by atoms with Gasteiger partial charge in [-0.3, -0.25) is 0 Å². The van der Waals surface area contributed by atoms with E-state index in [1.807, 2.05) is 0 Å². The Morgan fingerprint density at radius 3 is 0.500 bits per heavy atom. The molecule has 0 aromatic heterocycles. The van der Waals surface area contributed by atoms with Gasteiger partial charge in [-0.15, -0.1) is 0 Å². The molecule has 0 heterocycles. The lowest BCUT2D eigenvalue weighted by Crippen LogP contribution is -0.382. The second-order valence-corrected chi connectivity index (χ2v) is 0. The molecule has 0 bridgehead atoms. The fraction of sp³-hybridized carbons (Fsp3) is 0. The first kappa shape index (κ1) is 15100. The normalized spacial score (nSPS) is 0. The highest BCUT2D eigenvalue weighted by molar-refractivity contribution is 5.76. The molecule has 22 valence electrons. The highest BCUT2D eigenvalue weighted by atomic mass is 16.0. The quantitative estimate of drug-likeness (QED) is 0.278. The molecule has 0 rings (SSSR count). The Bertz CT molecular complexity index is 4.00. The van der Waals surface area contributed by atoms with Gasteiger partial charge in [-0.05, 0) is 0 Å². The first-order valence-electron chi connectivity index (χ1n) is 0. The minimum absolute atomic E-state index is 0. The molecule has 4 heteroatoms. The molecule has 0 aromatic carbocycles. The average molecular weight is 57.7 g/mol. The van der Waals surface area contributed by atoms with Crippen LogP contribution >= 0.6 is 0 Å². The summed E-state index contributed by atoms with van der Waals surface area (Å²) in [6.45, 7) is 0. The van der Waals surface area contributed by atoms with E-state index in [4.69, 9.17) is 0 Å². The fourth-order valence-corrected chi connectivity index (χ4v) is 0. The van der Waals surface area contributed by atoms with Crippen LogP contribution in [-0.4, -0.2) is 27.8 Å². The van der Waals surface area contributed by atoms with Gasteiger partial charge in [0.15, 0.2) is 0 Å². The van der Waals surface area contributed by atoms with E-state index in [0.29, 0.717) is 0 Å². The van der Waals surface area contributed by atoms with Crippen LogP contribution in [0.15, 0.2) is 0 Å². The third kappa shape index (κ3) is 908. The van der Waals surface area contributed by atoms with Crippen LogP contribution in [0.25, 0.3) is 0 Å². The summed E-state index contributed by atoms with van der Waals surface area (Å²) >= 11 is 0. The van der Waals surface area contributed by atoms with Gasteiger partial charge in [0.1, 0.15) is 0 Å². The van der Waals surface area contributed by atoms with E-state index < -0.39 is 0 Å². The minimum atomic E-state index is 0. The summed E-state index contributed by atoms with van der Waals surface area (Å²) in [6, 6.07) is 0. The molecule has 4 N–H and O–H groups in total. The summed E-state index contributed by atoms with van der Waals surface area (Å²) in [5.41, 5.74) is 0. The number of hydrogen-bond acceptors (Lipinski definition) is 0. The molecule has 0 unspecified atom stereocenters. The van der Waals surface area contributed by atoms with Crippen LogP contribution in [-0.2, 0) is 0 Å². The van der Waals surface area contributed by atoms with E-state index in [2.05, 4.69) is 0 Å². The van der Waals surface area contributed by atoms with Crippen LogP contribution in [0.1, 0.15) is 0 Å². The van der Waals surface area contributed by atoms with E-state index in [-0.39, 0.29) is 27.8 Å². The van der Waals surface area contributed by atoms with Gasteiger partial charge in [0.05, 0.1) is 0 Å². The second kappa shape index (κ2) is 5150. The van der Waals surface area contributed by atoms with Crippen molar-refractivity contribution in [3.8, 4) is 0 Å². The SMILES string of the molecule is O.O.[B].[B]. The Balaban J connectivity index is 0. The standard InChI is InChI=1S/2B.2H2O/h;;2*1H2. The molecular formula is H4B2O2. The van der Waals surface area contributed by atoms with Crippen molar-refractivity contribution in [1.29, 1.82) is 0 Å². The summed E-state index contributed by atoms with van der Waals surface area (Å²) < 4.78 is 0. The van der Waals surface area contributed by atoms with Gasteiger partial charge in [-0.25, -0.2) is 0 Å². The molecule has 0 aliphatic heterocycles. The Morgan fingerprint density at radius 2 is 0.500 bits per heavy atom. The van der Waals surface area contributed by atoms with Crippen molar-refractivity contribution >= 4 is 16.8 Å². The largest absolute Gasteiger partial charge is 0.412 e. The van der Waals surface area contributed by atoms with Crippen molar-refractivity contribution in [3.63, 3.8) is 0 Å². The average Bonchev–Trinajstić information content (AvgIpc) is 0. The lowest BCUT2D eigenvalue weighted by molar-refractivity contribution is 0.823. The summed E-state index contributed by atoms with van der Waals surface area (Å²) in [5.74, 6) is 0. The molecule has 0 saturated heterocycles. The van der Waals surface area contributed by atoms with Crippen LogP contribution < -0.4 is 0 Å². The molecule has 2 nitrogen and oxygen atoms in total. The van der Waals surface area contributed by atoms with E-state index in [1.165, 1.54) is 0 Å². The van der Waals surface area contributed by atoms with Gasteiger partial charge in [0.2, 0.25) is 0 Å². The third-order valence-electron chi connectivity index (χ3n) is 0. The molecule has 0 amide bonds. The molecular weight excluding hydrogens is 53.6 g/mol. The maximum atomic E-state index is 0. The number of hydrogen-bond donors (Lipinski definition) is 0. The van der Waals surface area contributed by atoms with Gasteiger partial charge in [-0.1, -0.05) is 0 Å². The molecule has 0 aliphatic rings. The first-order chi connectivity index (χ1) is 0. The smallest absolute Gasteiger partial charge is 0 e. The Kier molecular flexibility index (Phi) is 19500000. The lowest BCUT2D eigenvalue weighted by Gasteiger charge is -0.413. The zero-order valence-electron chi connectivity index (χ0n) is 2.15. The summed E-state index contributed by atoms with van der Waals surface area (Å²) in [5, 5.41) is 0. The van der Waals surface area contributed by atoms with Crippen LogP contribution in [0, 0.1) is 0 Å². The van der Waals surface area contributed by atoms with Gasteiger partial charge in [0, 0.05) is 16.8 Å². The highest BCUT2D eigenvalue weighted by Crippen LogP contribution is -0.288. The van der Waals surface area contributed by atoms with Gasteiger partial charge >= 0.3 is 0 Å². The molecule has 4 heavy (non-hydrogen) atoms. The Labute approximate surface area is 29.0 Å². The van der Waals surface area contributed by atoms with Crippen molar-refractivity contribution < 1.29 is 11.0 Å². The van der Waals surface area contributed by atoms with E-state index in [1.54, 1.807) is 0 Å². The van der Waals surface area contributed by atoms with Gasteiger partial charge in [0.25, 0.3) is 0 Å². The summed E-state index contributed by atoms with van der Waals surface area (Å²) in [7, 11) is 0. The van der Waals surface area contributed by atoms with Gasteiger partial charge in [-0.2, -0.15) is 0 Å². The van der Waals surface area contributed by atoms with Crippen molar-refractivity contribution in [1.82, 2.24) is 0 Å². The van der Waals surface area contributed by atoms with E-state index in [0.717, 1.165) is 0 Å². The van der Waals surface area contributed by atoms with Crippen molar-refractivity contribution in [2.75, 3.05) is 0 Å². The topological polar surface area (TPSA) is 63.0 Å². The summed E-state index contributed by atoms with van der Waals surface area (Å²) in [6.07, 6.45) is 0. The van der Waals surface area contributed by atoms with Crippen molar-refractivity contribution in [2.24, 2.45) is 0 Å². The molecule has 0 saturated carbocycles. The second-order valence-electron chi connectivity index (χ2n) is 0. The van der Waals surface area contributed by atoms with Crippen LogP contribution in [0.3, 0.4) is 0 Å². The van der Waals surface area contributed by atoms with Crippen molar-refractivity contribution in [2.45, 2.75) is 0 Å². The van der Waals surface area contributed by atoms with Gasteiger partial charge < -0.3 is 11.0 Å². The number of rotatable bonds is 0. The lowest BCUT2D eigenvalue weighted by atomic mass is 10.8.